The number of hydrogen-bond acceptors (Lipinski definition) is 3. The van der Waals surface area contributed by atoms with Gasteiger partial charge >= 0.3 is 12.0 Å². The number of nitrogens with one attached hydrogen (secondary N) is 1. The van der Waals surface area contributed by atoms with Crippen molar-refractivity contribution < 1.29 is 14.7 Å². The van der Waals surface area contributed by atoms with Crippen molar-refractivity contribution in [3.05, 3.63) is 11.9 Å². The van der Waals surface area contributed by atoms with Crippen molar-refractivity contribution in [1.82, 2.24) is 14.7 Å². The minimum absolute atomic E-state index is 0.216. The van der Waals surface area contributed by atoms with E-state index in [1.807, 2.05) is 4.68 Å². The van der Waals surface area contributed by atoms with Gasteiger partial charge in [0.15, 0.2) is 0 Å². The molecule has 24 heavy (non-hydrogen) atoms. The number of amides is 2. The zero-order valence-corrected chi connectivity index (χ0v) is 14.4. The fourth-order valence-electron chi connectivity index (χ4n) is 3.31. The summed E-state index contributed by atoms with van der Waals surface area (Å²) >= 11 is 0. The van der Waals surface area contributed by atoms with Crippen LogP contribution >= 0.6 is 0 Å². The van der Waals surface area contributed by atoms with Gasteiger partial charge < -0.3 is 15.3 Å². The van der Waals surface area contributed by atoms with Gasteiger partial charge in [-0.15, -0.1) is 0 Å². The lowest BCUT2D eigenvalue weighted by Crippen LogP contribution is -2.44. The molecule has 2 atom stereocenters. The van der Waals surface area contributed by atoms with Crippen molar-refractivity contribution in [2.75, 3.05) is 18.4 Å². The predicted molar refractivity (Wildman–Crippen MR) is 90.2 cm³/mol. The monoisotopic (exact) mass is 334 g/mol. The predicted octanol–water partition coefficient (Wildman–Crippen LogP) is 3.06. The maximum atomic E-state index is 12.6. The van der Waals surface area contributed by atoms with Crippen molar-refractivity contribution in [2.45, 2.75) is 57.9 Å². The third kappa shape index (κ3) is 3.39. The number of rotatable bonds is 5. The zero-order chi connectivity index (χ0) is 17.3. The van der Waals surface area contributed by atoms with Gasteiger partial charge in [0, 0.05) is 25.0 Å². The number of carboxylic acids is 1. The quantitative estimate of drug-likeness (QED) is 0.866. The van der Waals surface area contributed by atoms with Crippen molar-refractivity contribution in [3.63, 3.8) is 0 Å². The second kappa shape index (κ2) is 6.83. The Balaban J connectivity index is 1.72. The molecule has 2 amide bonds. The third-order valence-corrected chi connectivity index (χ3v) is 5.11. The number of carbonyl (C=O) groups is 2. The van der Waals surface area contributed by atoms with E-state index in [1.165, 1.54) is 0 Å². The molecule has 2 aliphatic rings. The third-order valence-electron chi connectivity index (χ3n) is 5.11. The number of likely N-dealkylation sites (tertiary alicyclic amines) is 1. The molecule has 1 aliphatic heterocycles. The number of aromatic nitrogens is 2. The van der Waals surface area contributed by atoms with Crippen molar-refractivity contribution in [2.24, 2.45) is 5.92 Å². The zero-order valence-electron chi connectivity index (χ0n) is 14.4. The van der Waals surface area contributed by atoms with Crippen LogP contribution in [-0.2, 0) is 4.79 Å². The highest BCUT2D eigenvalue weighted by atomic mass is 16.4. The summed E-state index contributed by atoms with van der Waals surface area (Å²) in [6.07, 6.45) is 6.35. The van der Waals surface area contributed by atoms with Gasteiger partial charge in [0.25, 0.3) is 0 Å². The SMILES string of the molecule is CCC(C)n1ncc(NC(=O)N2CCCC(C(=O)O)C2)c1C1CC1. The lowest BCUT2D eigenvalue weighted by atomic mass is 9.99. The summed E-state index contributed by atoms with van der Waals surface area (Å²) in [7, 11) is 0. The molecule has 3 rings (SSSR count). The highest BCUT2D eigenvalue weighted by molar-refractivity contribution is 5.90. The number of anilines is 1. The van der Waals surface area contributed by atoms with Crippen LogP contribution in [0.25, 0.3) is 0 Å². The number of piperidine rings is 1. The Kier molecular flexibility index (Phi) is 4.78. The highest BCUT2D eigenvalue weighted by Crippen LogP contribution is 2.44. The van der Waals surface area contributed by atoms with Gasteiger partial charge in [-0.2, -0.15) is 5.10 Å². The lowest BCUT2D eigenvalue weighted by Gasteiger charge is -2.30. The molecule has 0 spiro atoms. The first kappa shape index (κ1) is 16.8. The van der Waals surface area contributed by atoms with E-state index in [-0.39, 0.29) is 12.6 Å². The van der Waals surface area contributed by atoms with Gasteiger partial charge in [-0.1, -0.05) is 6.92 Å². The van der Waals surface area contributed by atoms with E-state index in [1.54, 1.807) is 11.1 Å². The van der Waals surface area contributed by atoms with Crippen molar-refractivity contribution in [3.8, 4) is 0 Å². The van der Waals surface area contributed by atoms with Crippen LogP contribution in [0.1, 0.15) is 63.6 Å². The number of carbonyl (C=O) groups excluding carboxylic acids is 1. The minimum atomic E-state index is -0.823. The van der Waals surface area contributed by atoms with E-state index >= 15 is 0 Å². The van der Waals surface area contributed by atoms with Gasteiger partial charge in [-0.3, -0.25) is 9.48 Å². The van der Waals surface area contributed by atoms with Crippen LogP contribution in [0.4, 0.5) is 10.5 Å². The summed E-state index contributed by atoms with van der Waals surface area (Å²) in [5, 5.41) is 16.6. The van der Waals surface area contributed by atoms with Crippen molar-refractivity contribution >= 4 is 17.7 Å². The smallest absolute Gasteiger partial charge is 0.321 e. The normalized spacial score (nSPS) is 22.2. The molecule has 0 bridgehead atoms. The molecule has 2 N–H and O–H groups in total. The number of urea groups is 1. The average molecular weight is 334 g/mol. The van der Waals surface area contributed by atoms with E-state index in [0.717, 1.165) is 37.1 Å². The Labute approximate surface area is 142 Å². The molecule has 1 saturated carbocycles. The second-order valence-corrected chi connectivity index (χ2v) is 6.97. The molecule has 0 radical (unpaired) electrons. The fourth-order valence-corrected chi connectivity index (χ4v) is 3.31. The molecule has 1 aliphatic carbocycles. The molecule has 1 saturated heterocycles. The molecule has 7 nitrogen and oxygen atoms in total. The van der Waals surface area contributed by atoms with Gasteiger partial charge in [0.1, 0.15) is 0 Å². The van der Waals surface area contributed by atoms with Gasteiger partial charge in [-0.05, 0) is 39.0 Å². The molecular weight excluding hydrogens is 308 g/mol. The Bertz CT molecular complexity index is 623. The molecule has 0 aromatic carbocycles. The number of nitrogens with zero attached hydrogens (tertiary/aromatic N) is 3. The van der Waals surface area contributed by atoms with Crippen LogP contribution in [-0.4, -0.2) is 44.9 Å². The average Bonchev–Trinajstić information content (AvgIpc) is 3.34. The van der Waals surface area contributed by atoms with Crippen LogP contribution in [0.15, 0.2) is 6.20 Å². The summed E-state index contributed by atoms with van der Waals surface area (Å²) in [5.74, 6) is -0.809. The van der Waals surface area contributed by atoms with E-state index in [9.17, 15) is 14.7 Å². The maximum Gasteiger partial charge on any atom is 0.321 e. The number of carboxylic acid groups (broad SMARTS) is 1. The van der Waals surface area contributed by atoms with Crippen LogP contribution in [0.2, 0.25) is 0 Å². The summed E-state index contributed by atoms with van der Waals surface area (Å²) in [4.78, 5) is 25.3. The Morgan fingerprint density at radius 1 is 1.42 bits per heavy atom. The minimum Gasteiger partial charge on any atom is -0.481 e. The second-order valence-electron chi connectivity index (χ2n) is 6.97. The number of hydrogen-bond donors (Lipinski definition) is 2. The topological polar surface area (TPSA) is 87.5 Å². The van der Waals surface area contributed by atoms with E-state index in [4.69, 9.17) is 0 Å². The molecule has 132 valence electrons. The molecule has 2 unspecified atom stereocenters. The summed E-state index contributed by atoms with van der Waals surface area (Å²) < 4.78 is 2.03. The van der Waals surface area contributed by atoms with Crippen molar-refractivity contribution in [1.29, 1.82) is 0 Å². The first-order valence-corrected chi connectivity index (χ1v) is 8.87. The molecule has 2 fully saturated rings. The van der Waals surface area contributed by atoms with E-state index in [0.29, 0.717) is 24.9 Å². The van der Waals surface area contributed by atoms with Gasteiger partial charge in [0.05, 0.1) is 23.5 Å². The lowest BCUT2D eigenvalue weighted by molar-refractivity contribution is -0.143. The van der Waals surface area contributed by atoms with Crippen LogP contribution in [0, 0.1) is 5.92 Å². The van der Waals surface area contributed by atoms with Crippen LogP contribution in [0.5, 0.6) is 0 Å². The number of aliphatic carboxylic acids is 1. The molecular formula is C17H26N4O3. The molecule has 1 aromatic rings. The first-order valence-electron chi connectivity index (χ1n) is 8.87. The van der Waals surface area contributed by atoms with Gasteiger partial charge in [0.2, 0.25) is 0 Å². The van der Waals surface area contributed by atoms with Crippen LogP contribution < -0.4 is 5.32 Å². The largest absolute Gasteiger partial charge is 0.481 e. The van der Waals surface area contributed by atoms with E-state index < -0.39 is 11.9 Å². The standard InChI is InChI=1S/C17H26N4O3/c1-3-11(2)21-15(12-6-7-12)14(9-18-21)19-17(24)20-8-4-5-13(10-20)16(22)23/h9,11-13H,3-8,10H2,1-2H3,(H,19,24)(H,22,23). The summed E-state index contributed by atoms with van der Waals surface area (Å²) in [6.45, 7) is 5.14. The summed E-state index contributed by atoms with van der Waals surface area (Å²) in [6, 6.07) is 0.0872. The van der Waals surface area contributed by atoms with Crippen LogP contribution in [0.3, 0.4) is 0 Å². The molecule has 7 heteroatoms. The summed E-state index contributed by atoms with van der Waals surface area (Å²) in [5.41, 5.74) is 1.89. The first-order chi connectivity index (χ1) is 11.5. The Hall–Kier alpha value is -2.05. The molecule has 2 heterocycles. The Morgan fingerprint density at radius 2 is 2.17 bits per heavy atom. The molecule has 1 aromatic heterocycles. The highest BCUT2D eigenvalue weighted by Gasteiger charge is 2.33. The van der Waals surface area contributed by atoms with Gasteiger partial charge in [-0.25, -0.2) is 4.79 Å². The fraction of sp³-hybridized carbons (Fsp3) is 0.706. The van der Waals surface area contributed by atoms with E-state index in [2.05, 4.69) is 24.3 Å². The Morgan fingerprint density at radius 3 is 2.79 bits per heavy atom. The maximum absolute atomic E-state index is 12.6.